The van der Waals surface area contributed by atoms with Crippen LogP contribution in [0.4, 0.5) is 8.78 Å². The molecule has 1 fully saturated rings. The van der Waals surface area contributed by atoms with Crippen molar-refractivity contribution in [3.05, 3.63) is 33.8 Å². The van der Waals surface area contributed by atoms with Crippen LogP contribution in [-0.4, -0.2) is 35.9 Å². The van der Waals surface area contributed by atoms with Gasteiger partial charge in [-0.25, -0.2) is 8.78 Å². The maximum Gasteiger partial charge on any atom is 0.262 e. The molecule has 21 heavy (non-hydrogen) atoms. The van der Waals surface area contributed by atoms with Gasteiger partial charge < -0.3 is 4.90 Å². The van der Waals surface area contributed by atoms with E-state index < -0.39 is 24.9 Å². The van der Waals surface area contributed by atoms with Crippen LogP contribution in [0.5, 0.6) is 0 Å². The second kappa shape index (κ2) is 6.18. The molecule has 1 saturated heterocycles. The first-order valence-corrected chi connectivity index (χ1v) is 7.42. The van der Waals surface area contributed by atoms with Gasteiger partial charge in [0.1, 0.15) is 0 Å². The average Bonchev–Trinajstić information content (AvgIpc) is 2.78. The molecule has 1 amide bonds. The minimum absolute atomic E-state index is 0. The van der Waals surface area contributed by atoms with Crippen molar-refractivity contribution in [1.29, 1.82) is 0 Å². The number of fused-ring (bicyclic) bond motifs is 1. The van der Waals surface area contributed by atoms with Crippen molar-refractivity contribution in [2.45, 2.75) is 31.4 Å². The average molecular weight is 382 g/mol. The number of carbonyl (C=O) groups excluding carboxylic acids is 1. The van der Waals surface area contributed by atoms with Gasteiger partial charge in [-0.3, -0.25) is 10.1 Å². The molecule has 1 aromatic carbocycles. The second-order valence-electron chi connectivity index (χ2n) is 5.38. The Morgan fingerprint density at radius 3 is 2.86 bits per heavy atom. The topological polar surface area (TPSA) is 32.3 Å². The number of nitrogens with zero attached hydrogens (tertiary/aromatic N) is 1. The monoisotopic (exact) mass is 380 g/mol. The lowest BCUT2D eigenvalue weighted by Crippen LogP contribution is -2.45. The van der Waals surface area contributed by atoms with Gasteiger partial charge in [0, 0.05) is 24.0 Å². The lowest BCUT2D eigenvalue weighted by atomic mass is 9.99. The van der Waals surface area contributed by atoms with Crippen molar-refractivity contribution in [3.63, 3.8) is 0 Å². The highest BCUT2D eigenvalue weighted by Gasteiger charge is 2.43. The van der Waals surface area contributed by atoms with E-state index in [1.807, 2.05) is 18.2 Å². The summed E-state index contributed by atoms with van der Waals surface area (Å²) in [6.45, 7) is 0.676. The van der Waals surface area contributed by atoms with Crippen LogP contribution < -0.4 is 5.32 Å². The summed E-state index contributed by atoms with van der Waals surface area (Å²) in [6.07, 6.45) is 0.360. The zero-order valence-corrected chi connectivity index (χ0v) is 13.6. The molecule has 0 saturated carbocycles. The van der Waals surface area contributed by atoms with Gasteiger partial charge in [-0.2, -0.15) is 0 Å². The number of alkyl halides is 2. The van der Waals surface area contributed by atoms with Gasteiger partial charge in [-0.15, -0.1) is 12.4 Å². The molecule has 116 valence electrons. The number of nitrogens with one attached hydrogen (secondary N) is 1. The molecule has 7 heteroatoms. The molecule has 0 spiro atoms. The van der Waals surface area contributed by atoms with Crippen molar-refractivity contribution in [2.75, 3.05) is 13.1 Å². The number of amides is 1. The molecule has 1 atom stereocenters. The van der Waals surface area contributed by atoms with Gasteiger partial charge in [0.15, 0.2) is 0 Å². The Kier molecular flexibility index (Phi) is 4.90. The SMILES string of the molecule is Cl.O=C(C1CC(F)(F)CN1)N1CCc2c(Br)cccc2C1. The van der Waals surface area contributed by atoms with Crippen LogP contribution in [-0.2, 0) is 17.8 Å². The maximum absolute atomic E-state index is 13.2. The summed E-state index contributed by atoms with van der Waals surface area (Å²) in [5.41, 5.74) is 2.30. The van der Waals surface area contributed by atoms with Crippen LogP contribution >= 0.6 is 28.3 Å². The number of benzene rings is 1. The Morgan fingerprint density at radius 2 is 2.19 bits per heavy atom. The number of hydrogen-bond donors (Lipinski definition) is 1. The van der Waals surface area contributed by atoms with Crippen molar-refractivity contribution < 1.29 is 13.6 Å². The molecule has 0 bridgehead atoms. The largest absolute Gasteiger partial charge is 0.337 e. The summed E-state index contributed by atoms with van der Waals surface area (Å²) in [7, 11) is 0. The number of hydrogen-bond acceptors (Lipinski definition) is 2. The Hall–Kier alpha value is -0.720. The van der Waals surface area contributed by atoms with Gasteiger partial charge in [-0.1, -0.05) is 28.1 Å². The van der Waals surface area contributed by atoms with E-state index in [9.17, 15) is 13.6 Å². The predicted molar refractivity (Wildman–Crippen MR) is 81.9 cm³/mol. The fraction of sp³-hybridized carbons (Fsp3) is 0.500. The van der Waals surface area contributed by atoms with Gasteiger partial charge in [-0.05, 0) is 23.6 Å². The smallest absolute Gasteiger partial charge is 0.262 e. The van der Waals surface area contributed by atoms with Gasteiger partial charge in [0.25, 0.3) is 5.92 Å². The molecule has 1 aromatic rings. The highest BCUT2D eigenvalue weighted by Crippen LogP contribution is 2.29. The quantitative estimate of drug-likeness (QED) is 0.811. The predicted octanol–water partition coefficient (Wildman–Crippen LogP) is 2.75. The van der Waals surface area contributed by atoms with E-state index >= 15 is 0 Å². The fourth-order valence-electron chi connectivity index (χ4n) is 2.86. The Balaban J connectivity index is 0.00000161. The first-order chi connectivity index (χ1) is 9.46. The molecule has 1 N–H and O–H groups in total. The Bertz CT molecular complexity index is 556. The first kappa shape index (κ1) is 16.6. The number of carbonyl (C=O) groups is 1. The molecule has 0 aromatic heterocycles. The number of rotatable bonds is 1. The van der Waals surface area contributed by atoms with E-state index in [1.54, 1.807) is 4.90 Å². The summed E-state index contributed by atoms with van der Waals surface area (Å²) < 4.78 is 27.4. The second-order valence-corrected chi connectivity index (χ2v) is 6.24. The van der Waals surface area contributed by atoms with Gasteiger partial charge in [0.05, 0.1) is 12.6 Å². The Morgan fingerprint density at radius 1 is 1.43 bits per heavy atom. The summed E-state index contributed by atoms with van der Waals surface area (Å²) >= 11 is 3.51. The molecule has 3 rings (SSSR count). The highest BCUT2D eigenvalue weighted by molar-refractivity contribution is 9.10. The first-order valence-electron chi connectivity index (χ1n) is 6.62. The van der Waals surface area contributed by atoms with Crippen molar-refractivity contribution in [1.82, 2.24) is 10.2 Å². The van der Waals surface area contributed by atoms with E-state index in [2.05, 4.69) is 21.2 Å². The van der Waals surface area contributed by atoms with Crippen molar-refractivity contribution >= 4 is 34.2 Å². The van der Waals surface area contributed by atoms with Crippen LogP contribution in [0.2, 0.25) is 0 Å². The standard InChI is InChI=1S/C14H15BrF2N2O.ClH/c15-11-3-1-2-9-7-19(5-4-10(9)11)13(20)12-6-14(16,17)8-18-12;/h1-3,12,18H,4-8H2;1H. The van der Waals surface area contributed by atoms with Crippen LogP contribution in [0.15, 0.2) is 22.7 Å². The highest BCUT2D eigenvalue weighted by atomic mass is 79.9. The molecule has 2 aliphatic heterocycles. The van der Waals surface area contributed by atoms with Crippen LogP contribution in [0, 0.1) is 0 Å². The molecule has 0 aliphatic carbocycles. The maximum atomic E-state index is 13.2. The van der Waals surface area contributed by atoms with Gasteiger partial charge in [0.2, 0.25) is 5.91 Å². The van der Waals surface area contributed by atoms with E-state index in [1.165, 1.54) is 5.56 Å². The molecular formula is C14H16BrClF2N2O. The summed E-state index contributed by atoms with van der Waals surface area (Å²) in [5.74, 6) is -2.98. The molecule has 2 aliphatic rings. The minimum Gasteiger partial charge on any atom is -0.337 e. The zero-order valence-electron chi connectivity index (χ0n) is 11.2. The molecule has 2 heterocycles. The Labute approximate surface area is 136 Å². The molecule has 1 unspecified atom stereocenters. The lowest BCUT2D eigenvalue weighted by Gasteiger charge is -2.31. The normalized spacial score (nSPS) is 23.4. The third-order valence-corrected chi connectivity index (χ3v) is 4.67. The number of halogens is 4. The molecule has 0 radical (unpaired) electrons. The van der Waals surface area contributed by atoms with Crippen LogP contribution in [0.3, 0.4) is 0 Å². The van der Waals surface area contributed by atoms with Crippen LogP contribution in [0.1, 0.15) is 17.5 Å². The van der Waals surface area contributed by atoms with E-state index in [0.29, 0.717) is 13.1 Å². The third kappa shape index (κ3) is 3.38. The third-order valence-electron chi connectivity index (χ3n) is 3.93. The van der Waals surface area contributed by atoms with E-state index in [-0.39, 0.29) is 18.3 Å². The lowest BCUT2D eigenvalue weighted by molar-refractivity contribution is -0.134. The molecule has 3 nitrogen and oxygen atoms in total. The summed E-state index contributed by atoms with van der Waals surface area (Å²) in [6, 6.07) is 5.14. The minimum atomic E-state index is -2.77. The molecular weight excluding hydrogens is 366 g/mol. The van der Waals surface area contributed by atoms with Crippen molar-refractivity contribution in [3.8, 4) is 0 Å². The summed E-state index contributed by atoms with van der Waals surface area (Å²) in [4.78, 5) is 14.0. The fourth-order valence-corrected chi connectivity index (χ4v) is 3.47. The zero-order chi connectivity index (χ0) is 14.3. The summed E-state index contributed by atoms with van der Waals surface area (Å²) in [5, 5.41) is 2.63. The van der Waals surface area contributed by atoms with Crippen molar-refractivity contribution in [2.24, 2.45) is 0 Å². The van der Waals surface area contributed by atoms with Crippen LogP contribution in [0.25, 0.3) is 0 Å². The van der Waals surface area contributed by atoms with E-state index in [4.69, 9.17) is 0 Å². The van der Waals surface area contributed by atoms with Gasteiger partial charge >= 0.3 is 0 Å². The van der Waals surface area contributed by atoms with E-state index in [0.717, 1.165) is 16.5 Å².